The van der Waals surface area contributed by atoms with Gasteiger partial charge in [0.25, 0.3) is 5.91 Å². The van der Waals surface area contributed by atoms with Crippen molar-refractivity contribution >= 4 is 53.2 Å². The van der Waals surface area contributed by atoms with E-state index in [1.807, 2.05) is 32.0 Å². The van der Waals surface area contributed by atoms with Crippen LogP contribution in [0.2, 0.25) is 10.0 Å². The zero-order valence-electron chi connectivity index (χ0n) is 16.7. The Bertz CT molecular complexity index is 834. The molecular weight excluding hydrogens is 433 g/mol. The van der Waals surface area contributed by atoms with Gasteiger partial charge < -0.3 is 15.5 Å². The fourth-order valence-corrected chi connectivity index (χ4v) is 3.93. The summed E-state index contributed by atoms with van der Waals surface area (Å²) in [7, 11) is 3.93. The summed E-state index contributed by atoms with van der Waals surface area (Å²) in [5, 5.41) is 7.52. The van der Waals surface area contributed by atoms with Crippen LogP contribution in [0.1, 0.15) is 41.9 Å². The van der Waals surface area contributed by atoms with Gasteiger partial charge in [-0.15, -0.1) is 12.4 Å². The molecule has 1 fully saturated rings. The number of hydrogen-bond donors (Lipinski definition) is 2. The molecule has 1 aliphatic carbocycles. The highest BCUT2D eigenvalue weighted by atomic mass is 35.5. The first-order chi connectivity index (χ1) is 13.3. The van der Waals surface area contributed by atoms with Gasteiger partial charge in [-0.3, -0.25) is 4.79 Å². The third-order valence-electron chi connectivity index (χ3n) is 4.82. The van der Waals surface area contributed by atoms with Crippen molar-refractivity contribution in [2.45, 2.75) is 44.7 Å². The molecule has 158 valence electrons. The summed E-state index contributed by atoms with van der Waals surface area (Å²) in [6.07, 6.45) is 3.73. The summed E-state index contributed by atoms with van der Waals surface area (Å²) >= 11 is 12.0. The van der Waals surface area contributed by atoms with Crippen LogP contribution in [-0.4, -0.2) is 42.1 Å². The summed E-state index contributed by atoms with van der Waals surface area (Å²) < 4.78 is 0. The molecule has 0 atom stereocenters. The molecule has 9 heteroatoms. The number of nitrogens with one attached hydrogen (secondary N) is 2. The lowest BCUT2D eigenvalue weighted by molar-refractivity contribution is 0.0926. The summed E-state index contributed by atoms with van der Waals surface area (Å²) in [6.45, 7) is 1.90. The number of nitrogens with zero attached hydrogens (tertiary/aromatic N) is 3. The molecule has 0 aliphatic heterocycles. The van der Waals surface area contributed by atoms with Crippen molar-refractivity contribution in [1.82, 2.24) is 15.3 Å². The second-order valence-corrected chi connectivity index (χ2v) is 8.25. The maximum absolute atomic E-state index is 12.5. The minimum atomic E-state index is -0.136. The van der Waals surface area contributed by atoms with Gasteiger partial charge >= 0.3 is 0 Å². The van der Waals surface area contributed by atoms with Gasteiger partial charge in [0.2, 0.25) is 0 Å². The van der Waals surface area contributed by atoms with Gasteiger partial charge in [-0.1, -0.05) is 23.2 Å². The molecule has 6 nitrogen and oxygen atoms in total. The topological polar surface area (TPSA) is 70.2 Å². The van der Waals surface area contributed by atoms with E-state index in [9.17, 15) is 4.79 Å². The van der Waals surface area contributed by atoms with Crippen LogP contribution < -0.4 is 15.5 Å². The molecule has 29 heavy (non-hydrogen) atoms. The molecule has 1 aliphatic rings. The molecule has 1 aromatic heterocycles. The maximum atomic E-state index is 12.5. The van der Waals surface area contributed by atoms with Crippen molar-refractivity contribution in [2.24, 2.45) is 0 Å². The Labute approximate surface area is 187 Å². The van der Waals surface area contributed by atoms with Gasteiger partial charge in [0.05, 0.1) is 0 Å². The number of aryl methyl sites for hydroxylation is 1. The molecule has 0 saturated heterocycles. The lowest BCUT2D eigenvalue weighted by Gasteiger charge is -2.30. The Morgan fingerprint density at radius 1 is 1.00 bits per heavy atom. The highest BCUT2D eigenvalue weighted by molar-refractivity contribution is 6.35. The van der Waals surface area contributed by atoms with E-state index in [1.165, 1.54) is 0 Å². The van der Waals surface area contributed by atoms with Crippen molar-refractivity contribution in [3.63, 3.8) is 0 Å². The zero-order valence-corrected chi connectivity index (χ0v) is 19.0. The third-order valence-corrected chi connectivity index (χ3v) is 5.26. The summed E-state index contributed by atoms with van der Waals surface area (Å²) in [4.78, 5) is 23.3. The molecule has 0 radical (unpaired) electrons. The van der Waals surface area contributed by atoms with Crippen molar-refractivity contribution < 1.29 is 4.79 Å². The van der Waals surface area contributed by atoms with Crippen LogP contribution in [0.3, 0.4) is 0 Å². The van der Waals surface area contributed by atoms with Crippen LogP contribution in [0.15, 0.2) is 24.3 Å². The number of carbonyl (C=O) groups excluding carboxylic acids is 1. The average Bonchev–Trinajstić information content (AvgIpc) is 2.62. The van der Waals surface area contributed by atoms with E-state index in [-0.39, 0.29) is 24.4 Å². The van der Waals surface area contributed by atoms with E-state index in [0.717, 1.165) is 43.1 Å². The molecule has 1 amide bonds. The molecule has 1 heterocycles. The van der Waals surface area contributed by atoms with Crippen LogP contribution in [0.4, 0.5) is 11.6 Å². The number of carbonyl (C=O) groups is 1. The standard InChI is InChI=1S/C20H25Cl2N5O.ClH/c1-12-23-18(11-19(24-12)27(2)3)25-16-4-6-17(7-5-16)26-20(28)13-8-14(21)10-15(22)9-13;/h8-11,16-17H,4-7H2,1-3H3,(H,26,28)(H,23,24,25);1H. The van der Waals surface area contributed by atoms with Crippen molar-refractivity contribution in [2.75, 3.05) is 24.3 Å². The average molecular weight is 459 g/mol. The number of hydrogen-bond acceptors (Lipinski definition) is 5. The van der Waals surface area contributed by atoms with Gasteiger partial charge in [-0.05, 0) is 50.8 Å². The van der Waals surface area contributed by atoms with Crippen LogP contribution in [-0.2, 0) is 0 Å². The number of amides is 1. The number of aromatic nitrogens is 2. The van der Waals surface area contributed by atoms with Gasteiger partial charge in [0.15, 0.2) is 0 Å². The van der Waals surface area contributed by atoms with E-state index < -0.39 is 0 Å². The van der Waals surface area contributed by atoms with E-state index in [0.29, 0.717) is 21.7 Å². The van der Waals surface area contributed by atoms with Crippen LogP contribution in [0.25, 0.3) is 0 Å². The van der Waals surface area contributed by atoms with Gasteiger partial charge in [0.1, 0.15) is 17.5 Å². The Balaban J connectivity index is 0.00000300. The van der Waals surface area contributed by atoms with E-state index >= 15 is 0 Å². The number of benzene rings is 1. The zero-order chi connectivity index (χ0) is 20.3. The van der Waals surface area contributed by atoms with Crippen molar-refractivity contribution in [3.8, 4) is 0 Å². The largest absolute Gasteiger partial charge is 0.367 e. The van der Waals surface area contributed by atoms with Crippen LogP contribution in [0.5, 0.6) is 0 Å². The first-order valence-electron chi connectivity index (χ1n) is 9.36. The number of rotatable bonds is 5. The molecule has 2 aromatic rings. The van der Waals surface area contributed by atoms with Crippen molar-refractivity contribution in [3.05, 3.63) is 45.7 Å². The first-order valence-corrected chi connectivity index (χ1v) is 10.1. The van der Waals surface area contributed by atoms with Crippen LogP contribution >= 0.6 is 35.6 Å². The summed E-state index contributed by atoms with van der Waals surface area (Å²) in [5.41, 5.74) is 0.491. The monoisotopic (exact) mass is 457 g/mol. The first kappa shape index (κ1) is 23.5. The van der Waals surface area contributed by atoms with E-state index in [2.05, 4.69) is 20.6 Å². The van der Waals surface area contributed by atoms with Crippen LogP contribution in [0, 0.1) is 6.92 Å². The molecule has 3 rings (SSSR count). The van der Waals surface area contributed by atoms with E-state index in [1.54, 1.807) is 18.2 Å². The molecule has 1 aromatic carbocycles. The quantitative estimate of drug-likeness (QED) is 0.677. The fourth-order valence-electron chi connectivity index (χ4n) is 3.40. The van der Waals surface area contributed by atoms with E-state index in [4.69, 9.17) is 23.2 Å². The minimum absolute atomic E-state index is 0. The third kappa shape index (κ3) is 6.63. The lowest BCUT2D eigenvalue weighted by Crippen LogP contribution is -2.40. The molecule has 0 spiro atoms. The molecular formula is C20H26Cl3N5O. The second-order valence-electron chi connectivity index (χ2n) is 7.38. The fraction of sp³-hybridized carbons (Fsp3) is 0.450. The number of anilines is 2. The Kier molecular flexibility index (Phi) is 8.37. The lowest BCUT2D eigenvalue weighted by atomic mass is 9.91. The highest BCUT2D eigenvalue weighted by Crippen LogP contribution is 2.24. The smallest absolute Gasteiger partial charge is 0.251 e. The minimum Gasteiger partial charge on any atom is -0.367 e. The Morgan fingerprint density at radius 3 is 2.17 bits per heavy atom. The van der Waals surface area contributed by atoms with Gasteiger partial charge in [-0.2, -0.15) is 0 Å². The van der Waals surface area contributed by atoms with Crippen molar-refractivity contribution in [1.29, 1.82) is 0 Å². The number of halogens is 3. The molecule has 1 saturated carbocycles. The Morgan fingerprint density at radius 2 is 1.59 bits per heavy atom. The Hall–Kier alpha value is -1.76. The highest BCUT2D eigenvalue weighted by Gasteiger charge is 2.23. The normalized spacial score (nSPS) is 18.5. The predicted octanol–water partition coefficient (Wildman–Crippen LogP) is 4.73. The molecule has 0 bridgehead atoms. The second kappa shape index (κ2) is 10.3. The predicted molar refractivity (Wildman–Crippen MR) is 122 cm³/mol. The van der Waals surface area contributed by atoms with Gasteiger partial charge in [-0.25, -0.2) is 9.97 Å². The SMILES string of the molecule is Cc1nc(NC2CCC(NC(=O)c3cc(Cl)cc(Cl)c3)CC2)cc(N(C)C)n1.Cl. The maximum Gasteiger partial charge on any atom is 0.251 e. The summed E-state index contributed by atoms with van der Waals surface area (Å²) in [5.74, 6) is 2.34. The molecule has 0 unspecified atom stereocenters. The van der Waals surface area contributed by atoms with Gasteiger partial charge in [0, 0.05) is 47.9 Å². The molecule has 2 N–H and O–H groups in total. The summed E-state index contributed by atoms with van der Waals surface area (Å²) in [6, 6.07) is 7.33.